The number of rotatable bonds is 3. The van der Waals surface area contributed by atoms with Crippen LogP contribution in [0.25, 0.3) is 0 Å². The fraction of sp³-hybridized carbons (Fsp3) is 0.300. The zero-order chi connectivity index (χ0) is 19.8. The number of thioether (sulfide) groups is 1. The molecule has 0 bridgehead atoms. The number of carbonyl (C=O) groups is 2. The van der Waals surface area contributed by atoms with Gasteiger partial charge in [-0.15, -0.1) is 11.8 Å². The van der Waals surface area contributed by atoms with Crippen LogP contribution in [0.4, 0.5) is 5.69 Å². The third-order valence-corrected chi connectivity index (χ3v) is 7.27. The van der Waals surface area contributed by atoms with Crippen LogP contribution in [0.2, 0.25) is 15.1 Å². The highest BCUT2D eigenvalue weighted by molar-refractivity contribution is 8.01. The minimum Gasteiger partial charge on any atom is -0.336 e. The normalized spacial score (nSPS) is 21.4. The Labute approximate surface area is 182 Å². The summed E-state index contributed by atoms with van der Waals surface area (Å²) < 4.78 is 0. The van der Waals surface area contributed by atoms with Gasteiger partial charge in [-0.1, -0.05) is 40.9 Å². The van der Waals surface area contributed by atoms with Gasteiger partial charge in [0.1, 0.15) is 0 Å². The minimum atomic E-state index is -0.462. The first kappa shape index (κ1) is 19.9. The molecule has 146 valence electrons. The van der Waals surface area contributed by atoms with E-state index >= 15 is 0 Å². The van der Waals surface area contributed by atoms with E-state index in [2.05, 4.69) is 5.32 Å². The number of anilines is 1. The van der Waals surface area contributed by atoms with Gasteiger partial charge in [0.25, 0.3) is 0 Å². The van der Waals surface area contributed by atoms with Crippen molar-refractivity contribution in [3.63, 3.8) is 0 Å². The first-order valence-electron chi connectivity index (χ1n) is 8.94. The Morgan fingerprint density at radius 2 is 1.96 bits per heavy atom. The molecule has 1 N–H and O–H groups in total. The van der Waals surface area contributed by atoms with Crippen molar-refractivity contribution in [3.8, 4) is 0 Å². The van der Waals surface area contributed by atoms with Crippen LogP contribution in [0.15, 0.2) is 41.3 Å². The average molecular weight is 456 g/mol. The zero-order valence-corrected chi connectivity index (χ0v) is 17.8. The van der Waals surface area contributed by atoms with Crippen molar-refractivity contribution >= 4 is 64.1 Å². The Hall–Kier alpha value is -1.40. The van der Waals surface area contributed by atoms with Crippen molar-refractivity contribution in [2.75, 3.05) is 11.9 Å². The molecule has 0 radical (unpaired) electrons. The van der Waals surface area contributed by atoms with Crippen LogP contribution >= 0.6 is 46.6 Å². The molecule has 2 heterocycles. The number of fused-ring (bicyclic) bond motifs is 1. The highest BCUT2D eigenvalue weighted by atomic mass is 35.5. The highest BCUT2D eigenvalue weighted by Crippen LogP contribution is 2.40. The van der Waals surface area contributed by atoms with E-state index in [-0.39, 0.29) is 24.3 Å². The van der Waals surface area contributed by atoms with Crippen LogP contribution in [0.5, 0.6) is 0 Å². The molecule has 2 atom stereocenters. The smallest absolute Gasteiger partial charge is 0.238 e. The SMILES string of the molecule is O=C1Nc2cc(Cl)ccc2SC1CC(=O)N1CCCC1c1ccc(Cl)c(Cl)c1. The highest BCUT2D eigenvalue weighted by Gasteiger charge is 2.35. The van der Waals surface area contributed by atoms with Crippen molar-refractivity contribution in [2.45, 2.75) is 35.4 Å². The van der Waals surface area contributed by atoms with Crippen LogP contribution < -0.4 is 5.32 Å². The second-order valence-electron chi connectivity index (χ2n) is 6.86. The summed E-state index contributed by atoms with van der Waals surface area (Å²) in [6.45, 7) is 0.676. The Balaban J connectivity index is 1.49. The Morgan fingerprint density at radius 3 is 2.75 bits per heavy atom. The number of carbonyl (C=O) groups excluding carboxylic acids is 2. The topological polar surface area (TPSA) is 49.4 Å². The fourth-order valence-corrected chi connectivity index (χ4v) is 5.22. The van der Waals surface area contributed by atoms with Crippen LogP contribution in [0.1, 0.15) is 30.9 Å². The largest absolute Gasteiger partial charge is 0.336 e. The minimum absolute atomic E-state index is 0.0290. The van der Waals surface area contributed by atoms with Gasteiger partial charge in [-0.2, -0.15) is 0 Å². The first-order valence-corrected chi connectivity index (χ1v) is 11.0. The number of nitrogens with zero attached hydrogens (tertiary/aromatic N) is 1. The van der Waals surface area contributed by atoms with Gasteiger partial charge < -0.3 is 10.2 Å². The Kier molecular flexibility index (Phi) is 5.79. The molecule has 8 heteroatoms. The van der Waals surface area contributed by atoms with Gasteiger partial charge in [0, 0.05) is 22.9 Å². The third kappa shape index (κ3) is 3.99. The van der Waals surface area contributed by atoms with Crippen molar-refractivity contribution in [1.29, 1.82) is 0 Å². The molecule has 28 heavy (non-hydrogen) atoms. The van der Waals surface area contributed by atoms with Crippen molar-refractivity contribution in [1.82, 2.24) is 4.90 Å². The van der Waals surface area contributed by atoms with Gasteiger partial charge in [-0.3, -0.25) is 9.59 Å². The quantitative estimate of drug-likeness (QED) is 0.635. The van der Waals surface area contributed by atoms with Crippen molar-refractivity contribution in [3.05, 3.63) is 57.0 Å². The molecule has 2 aliphatic rings. The molecule has 2 aromatic rings. The van der Waals surface area contributed by atoms with Crippen LogP contribution in [0, 0.1) is 0 Å². The van der Waals surface area contributed by atoms with Crippen LogP contribution in [-0.4, -0.2) is 28.5 Å². The average Bonchev–Trinajstić information content (AvgIpc) is 3.14. The molecule has 4 rings (SSSR count). The monoisotopic (exact) mass is 454 g/mol. The van der Waals surface area contributed by atoms with Gasteiger partial charge >= 0.3 is 0 Å². The van der Waals surface area contributed by atoms with E-state index in [1.807, 2.05) is 23.1 Å². The number of halogens is 3. The second-order valence-corrected chi connectivity index (χ2v) is 9.35. The van der Waals surface area contributed by atoms with E-state index in [0.717, 1.165) is 23.3 Å². The van der Waals surface area contributed by atoms with Gasteiger partial charge in [0.05, 0.1) is 27.0 Å². The summed E-state index contributed by atoms with van der Waals surface area (Å²) in [6.07, 6.45) is 1.94. The molecule has 1 fully saturated rings. The van der Waals surface area contributed by atoms with Gasteiger partial charge in [0.2, 0.25) is 11.8 Å². The molecule has 0 aromatic heterocycles. The maximum atomic E-state index is 13.0. The predicted molar refractivity (Wildman–Crippen MR) is 114 cm³/mol. The molecule has 2 aliphatic heterocycles. The van der Waals surface area contributed by atoms with Crippen LogP contribution in [0.3, 0.4) is 0 Å². The molecule has 2 amide bonds. The predicted octanol–water partition coefficient (Wildman–Crippen LogP) is 5.81. The molecule has 1 saturated heterocycles. The molecule has 4 nitrogen and oxygen atoms in total. The number of hydrogen-bond donors (Lipinski definition) is 1. The Morgan fingerprint density at radius 1 is 1.14 bits per heavy atom. The summed E-state index contributed by atoms with van der Waals surface area (Å²) >= 11 is 19.6. The maximum absolute atomic E-state index is 13.0. The van der Waals surface area contributed by atoms with Crippen LogP contribution in [-0.2, 0) is 9.59 Å². The molecule has 0 aliphatic carbocycles. The van der Waals surface area contributed by atoms with E-state index < -0.39 is 5.25 Å². The molecule has 0 saturated carbocycles. The van der Waals surface area contributed by atoms with E-state index in [0.29, 0.717) is 27.3 Å². The van der Waals surface area contributed by atoms with E-state index in [4.69, 9.17) is 34.8 Å². The molecular formula is C20H17Cl3N2O2S. The summed E-state index contributed by atoms with van der Waals surface area (Å²) in [7, 11) is 0. The van der Waals surface area contributed by atoms with E-state index in [1.54, 1.807) is 18.2 Å². The van der Waals surface area contributed by atoms with Gasteiger partial charge in [-0.05, 0) is 48.7 Å². The standard InChI is InChI=1S/C20H17Cl3N2O2S/c21-12-4-6-17-15(9-12)24-20(27)18(28-17)10-19(26)25-7-1-2-16(25)11-3-5-13(22)14(23)8-11/h3-6,8-9,16,18H,1-2,7,10H2,(H,24,27). The number of benzene rings is 2. The molecule has 0 spiro atoms. The third-order valence-electron chi connectivity index (χ3n) is 5.02. The summed E-state index contributed by atoms with van der Waals surface area (Å²) in [5, 5.41) is 3.94. The van der Waals surface area contributed by atoms with Gasteiger partial charge in [0.15, 0.2) is 0 Å². The summed E-state index contributed by atoms with van der Waals surface area (Å²) in [5.41, 5.74) is 1.67. The zero-order valence-electron chi connectivity index (χ0n) is 14.8. The lowest BCUT2D eigenvalue weighted by molar-refractivity contribution is -0.133. The second kappa shape index (κ2) is 8.15. The fourth-order valence-electron chi connectivity index (χ4n) is 3.66. The summed E-state index contributed by atoms with van der Waals surface area (Å²) in [6, 6.07) is 10.8. The van der Waals surface area contributed by atoms with Crippen molar-refractivity contribution < 1.29 is 9.59 Å². The lowest BCUT2D eigenvalue weighted by Crippen LogP contribution is -2.37. The molecule has 2 aromatic carbocycles. The maximum Gasteiger partial charge on any atom is 0.238 e. The Bertz CT molecular complexity index is 953. The van der Waals surface area contributed by atoms with E-state index in [9.17, 15) is 9.59 Å². The first-order chi connectivity index (χ1) is 13.4. The van der Waals surface area contributed by atoms with Crippen molar-refractivity contribution in [2.24, 2.45) is 0 Å². The lowest BCUT2D eigenvalue weighted by atomic mass is 10.0. The summed E-state index contributed by atoms with van der Waals surface area (Å²) in [4.78, 5) is 28.3. The number of nitrogens with one attached hydrogen (secondary N) is 1. The lowest BCUT2D eigenvalue weighted by Gasteiger charge is -2.29. The molecule has 2 unspecified atom stereocenters. The number of likely N-dealkylation sites (tertiary alicyclic amines) is 1. The number of hydrogen-bond acceptors (Lipinski definition) is 3. The number of amides is 2. The summed E-state index contributed by atoms with van der Waals surface area (Å²) in [5.74, 6) is -0.197. The van der Waals surface area contributed by atoms with Gasteiger partial charge in [-0.25, -0.2) is 0 Å². The van der Waals surface area contributed by atoms with E-state index in [1.165, 1.54) is 11.8 Å². The molecular weight excluding hydrogens is 439 g/mol.